The van der Waals surface area contributed by atoms with Crippen LogP contribution in [0.15, 0.2) is 59.5 Å². The molecule has 0 radical (unpaired) electrons. The van der Waals surface area contributed by atoms with Crippen LogP contribution in [-0.4, -0.2) is 67.5 Å². The van der Waals surface area contributed by atoms with E-state index >= 15 is 0 Å². The van der Waals surface area contributed by atoms with Crippen LogP contribution in [-0.2, 0) is 14.8 Å². The predicted molar refractivity (Wildman–Crippen MR) is 151 cm³/mol. The molecular formula is C25H29ClFN5O5S2. The Hall–Kier alpha value is -2.94. The number of carbonyl (C=O) groups is 2. The van der Waals surface area contributed by atoms with E-state index in [0.717, 1.165) is 11.1 Å². The SMILES string of the molecule is CC(=O)c1ccc(Cl)s1.CS(=O)(=O)NC[C@@H]1C[C@@H](N)CN1CC(=O)Nc1ccc(-n2ccccc2=O)cc1F. The Morgan fingerprint density at radius 3 is 2.51 bits per heavy atom. The van der Waals surface area contributed by atoms with Crippen molar-refractivity contribution < 1.29 is 22.4 Å². The van der Waals surface area contributed by atoms with Crippen LogP contribution in [0, 0.1) is 5.82 Å². The molecule has 2 aromatic heterocycles. The second-order valence-corrected chi connectivity index (χ2v) is 12.5. The van der Waals surface area contributed by atoms with E-state index < -0.39 is 21.7 Å². The maximum Gasteiger partial charge on any atom is 0.255 e. The summed E-state index contributed by atoms with van der Waals surface area (Å²) in [4.78, 5) is 37.4. The molecule has 0 unspecified atom stereocenters. The summed E-state index contributed by atoms with van der Waals surface area (Å²) in [5, 5.41) is 2.52. The van der Waals surface area contributed by atoms with Crippen LogP contribution >= 0.6 is 22.9 Å². The highest BCUT2D eigenvalue weighted by atomic mass is 35.5. The van der Waals surface area contributed by atoms with Gasteiger partial charge in [-0.05, 0) is 43.7 Å². The van der Waals surface area contributed by atoms with Gasteiger partial charge in [0.1, 0.15) is 5.82 Å². The molecule has 0 saturated carbocycles. The highest BCUT2D eigenvalue weighted by Crippen LogP contribution is 2.21. The van der Waals surface area contributed by atoms with Crippen LogP contribution in [0.1, 0.15) is 23.0 Å². The van der Waals surface area contributed by atoms with Gasteiger partial charge < -0.3 is 11.1 Å². The molecule has 1 saturated heterocycles. The fourth-order valence-corrected chi connectivity index (χ4v) is 5.38. The Balaban J connectivity index is 0.000000395. The van der Waals surface area contributed by atoms with Gasteiger partial charge >= 0.3 is 0 Å². The number of amides is 1. The Kier molecular flexibility index (Phi) is 10.5. The number of sulfonamides is 1. The molecule has 14 heteroatoms. The molecule has 4 rings (SSSR count). The number of rotatable bonds is 8. The summed E-state index contributed by atoms with van der Waals surface area (Å²) in [7, 11) is -3.36. The highest BCUT2D eigenvalue weighted by molar-refractivity contribution is 7.88. The summed E-state index contributed by atoms with van der Waals surface area (Å²) in [5.74, 6) is -1.05. The van der Waals surface area contributed by atoms with Gasteiger partial charge in [0.15, 0.2) is 5.78 Å². The summed E-state index contributed by atoms with van der Waals surface area (Å²) in [6, 6.07) is 11.8. The van der Waals surface area contributed by atoms with Gasteiger partial charge in [0.2, 0.25) is 15.9 Å². The molecule has 3 heterocycles. The average Bonchev–Trinajstić information content (AvgIpc) is 3.44. The van der Waals surface area contributed by atoms with E-state index in [-0.39, 0.29) is 42.2 Å². The molecule has 2 atom stereocenters. The van der Waals surface area contributed by atoms with E-state index in [1.54, 1.807) is 29.2 Å². The van der Waals surface area contributed by atoms with Crippen molar-refractivity contribution in [1.29, 1.82) is 0 Å². The third kappa shape index (κ3) is 9.34. The van der Waals surface area contributed by atoms with E-state index in [0.29, 0.717) is 23.0 Å². The van der Waals surface area contributed by atoms with Gasteiger partial charge in [0.05, 0.1) is 33.4 Å². The molecule has 1 fully saturated rings. The first-order chi connectivity index (χ1) is 18.3. The Morgan fingerprint density at radius 1 is 1.21 bits per heavy atom. The van der Waals surface area contributed by atoms with Crippen molar-refractivity contribution in [2.75, 3.05) is 31.2 Å². The molecule has 10 nitrogen and oxygen atoms in total. The third-order valence-corrected chi connectivity index (χ3v) is 7.76. The van der Waals surface area contributed by atoms with Crippen molar-refractivity contribution in [3.63, 3.8) is 0 Å². The van der Waals surface area contributed by atoms with Crippen LogP contribution in [0.5, 0.6) is 0 Å². The van der Waals surface area contributed by atoms with Crippen molar-refractivity contribution in [2.24, 2.45) is 5.73 Å². The summed E-state index contributed by atoms with van der Waals surface area (Å²) in [6.45, 7) is 2.06. The number of nitrogens with one attached hydrogen (secondary N) is 2. The summed E-state index contributed by atoms with van der Waals surface area (Å²) in [5.41, 5.74) is 5.98. The lowest BCUT2D eigenvalue weighted by Gasteiger charge is -2.23. The van der Waals surface area contributed by atoms with Gasteiger partial charge in [-0.15, -0.1) is 11.3 Å². The standard InChI is InChI=1S/C19H24FN5O4S.C6H5ClOS/c1-30(28,29)22-10-15-8-13(21)11-24(15)12-18(26)23-17-6-5-14(9-16(17)20)25-7-3-2-4-19(25)27;1-4(8)5-2-3-6(7)9-5/h2-7,9,13,15,22H,8,10-12,21H2,1H3,(H,23,26);2-3H,1H3/t13-,15+;/m1./s1. The van der Waals surface area contributed by atoms with Crippen LogP contribution in [0.25, 0.3) is 5.69 Å². The van der Waals surface area contributed by atoms with E-state index in [4.69, 9.17) is 17.3 Å². The molecular weight excluding hydrogens is 569 g/mol. The van der Waals surface area contributed by atoms with E-state index in [2.05, 4.69) is 10.0 Å². The third-order valence-electron chi connectivity index (χ3n) is 5.74. The fourth-order valence-electron chi connectivity index (χ4n) is 3.95. The minimum Gasteiger partial charge on any atom is -0.326 e. The van der Waals surface area contributed by atoms with Crippen molar-refractivity contribution in [3.8, 4) is 5.69 Å². The normalized spacial score (nSPS) is 17.4. The lowest BCUT2D eigenvalue weighted by atomic mass is 10.2. The van der Waals surface area contributed by atoms with Gasteiger partial charge in [0.25, 0.3) is 5.56 Å². The molecule has 4 N–H and O–H groups in total. The zero-order valence-corrected chi connectivity index (χ0v) is 23.7. The van der Waals surface area contributed by atoms with Gasteiger partial charge in [-0.3, -0.25) is 23.9 Å². The number of anilines is 1. The minimum atomic E-state index is -3.36. The fraction of sp³-hybridized carbons (Fsp3) is 0.320. The van der Waals surface area contributed by atoms with Crippen LogP contribution in [0.3, 0.4) is 0 Å². The van der Waals surface area contributed by atoms with Gasteiger partial charge in [-0.25, -0.2) is 17.5 Å². The molecule has 1 amide bonds. The number of thiophene rings is 1. The smallest absolute Gasteiger partial charge is 0.255 e. The van der Waals surface area contributed by atoms with Crippen molar-refractivity contribution in [3.05, 3.63) is 80.1 Å². The first-order valence-electron chi connectivity index (χ1n) is 11.8. The number of nitrogens with zero attached hydrogens (tertiary/aromatic N) is 2. The summed E-state index contributed by atoms with van der Waals surface area (Å²) < 4.78 is 41.5. The molecule has 0 aliphatic carbocycles. The quantitative estimate of drug-likeness (QED) is 0.338. The molecule has 0 spiro atoms. The molecule has 1 aliphatic heterocycles. The number of halogens is 2. The zero-order valence-electron chi connectivity index (χ0n) is 21.3. The van der Waals surface area contributed by atoms with Crippen molar-refractivity contribution in [1.82, 2.24) is 14.2 Å². The average molecular weight is 598 g/mol. The molecule has 3 aromatic rings. The number of hydrogen-bond acceptors (Lipinski definition) is 8. The maximum atomic E-state index is 14.5. The number of benzene rings is 1. The molecule has 210 valence electrons. The zero-order chi connectivity index (χ0) is 28.7. The van der Waals surface area contributed by atoms with Gasteiger partial charge in [0, 0.05) is 43.5 Å². The topological polar surface area (TPSA) is 144 Å². The van der Waals surface area contributed by atoms with Crippen molar-refractivity contribution in [2.45, 2.75) is 25.4 Å². The molecule has 39 heavy (non-hydrogen) atoms. The van der Waals surface area contributed by atoms with Crippen LogP contribution < -0.4 is 21.3 Å². The van der Waals surface area contributed by atoms with Crippen LogP contribution in [0.2, 0.25) is 4.34 Å². The van der Waals surface area contributed by atoms with Gasteiger partial charge in [-0.1, -0.05) is 17.7 Å². The number of ketones is 1. The number of nitrogens with two attached hydrogens (primary N) is 1. The Labute approximate surface area is 234 Å². The minimum absolute atomic E-state index is 0.0120. The van der Waals surface area contributed by atoms with Crippen molar-refractivity contribution >= 4 is 50.3 Å². The lowest BCUT2D eigenvalue weighted by Crippen LogP contribution is -2.43. The molecule has 1 aromatic carbocycles. The van der Waals surface area contributed by atoms with E-state index in [1.807, 2.05) is 0 Å². The summed E-state index contributed by atoms with van der Waals surface area (Å²) in [6.07, 6.45) is 3.14. The van der Waals surface area contributed by atoms with Gasteiger partial charge in [-0.2, -0.15) is 0 Å². The number of hydrogen-bond donors (Lipinski definition) is 3. The number of likely N-dealkylation sites (tertiary alicyclic amines) is 1. The molecule has 0 bridgehead atoms. The Morgan fingerprint density at radius 2 is 1.95 bits per heavy atom. The van der Waals surface area contributed by atoms with E-state index in [1.165, 1.54) is 53.3 Å². The monoisotopic (exact) mass is 597 g/mol. The second-order valence-electron chi connectivity index (χ2n) is 8.98. The maximum absolute atomic E-state index is 14.5. The second kappa shape index (κ2) is 13.4. The Bertz CT molecular complexity index is 1490. The number of carbonyl (C=O) groups excluding carboxylic acids is 2. The first-order valence-corrected chi connectivity index (χ1v) is 14.9. The van der Waals surface area contributed by atoms with Crippen LogP contribution in [0.4, 0.5) is 10.1 Å². The lowest BCUT2D eigenvalue weighted by molar-refractivity contribution is -0.117. The van der Waals surface area contributed by atoms with E-state index in [9.17, 15) is 27.2 Å². The number of pyridine rings is 1. The summed E-state index contributed by atoms with van der Waals surface area (Å²) >= 11 is 6.88. The number of Topliss-reactive ketones (excluding diaryl/α,β-unsaturated/α-hetero) is 1. The number of aromatic nitrogens is 1. The largest absolute Gasteiger partial charge is 0.326 e. The predicted octanol–water partition coefficient (Wildman–Crippen LogP) is 2.47. The molecule has 1 aliphatic rings. The highest BCUT2D eigenvalue weighted by Gasteiger charge is 2.31. The first kappa shape index (κ1) is 30.6.